The Kier molecular flexibility index (Phi) is 3.90. The molecule has 0 saturated carbocycles. The van der Waals surface area contributed by atoms with Gasteiger partial charge in [0.2, 0.25) is 0 Å². The maximum atomic E-state index is 11.7. The zero-order valence-corrected chi connectivity index (χ0v) is 9.27. The SMILES string of the molecule is CC(C)C(C#N)NC(=O)c1ccc(O)cc1. The number of hydrogen-bond donors (Lipinski definition) is 2. The van der Waals surface area contributed by atoms with Gasteiger partial charge in [-0.3, -0.25) is 4.79 Å². The molecule has 0 aromatic heterocycles. The molecule has 4 nitrogen and oxygen atoms in total. The van der Waals surface area contributed by atoms with Crippen LogP contribution in [-0.4, -0.2) is 17.1 Å². The van der Waals surface area contributed by atoms with Crippen LogP contribution in [0.1, 0.15) is 24.2 Å². The second kappa shape index (κ2) is 5.17. The first-order valence-corrected chi connectivity index (χ1v) is 5.04. The molecule has 0 radical (unpaired) electrons. The van der Waals surface area contributed by atoms with Gasteiger partial charge in [-0.25, -0.2) is 0 Å². The molecule has 4 heteroatoms. The molecule has 0 aliphatic rings. The second-order valence-corrected chi connectivity index (χ2v) is 3.87. The Balaban J connectivity index is 2.73. The Morgan fingerprint density at radius 2 is 1.94 bits per heavy atom. The van der Waals surface area contributed by atoms with E-state index in [1.807, 2.05) is 19.9 Å². The van der Waals surface area contributed by atoms with Crippen molar-refractivity contribution in [2.24, 2.45) is 5.92 Å². The molecule has 1 aromatic rings. The molecule has 0 fully saturated rings. The molecule has 1 atom stereocenters. The maximum absolute atomic E-state index is 11.7. The summed E-state index contributed by atoms with van der Waals surface area (Å²) in [5.41, 5.74) is 0.429. The van der Waals surface area contributed by atoms with Crippen molar-refractivity contribution in [3.8, 4) is 11.8 Å². The third kappa shape index (κ3) is 2.99. The molecule has 1 aromatic carbocycles. The van der Waals surface area contributed by atoms with E-state index in [0.717, 1.165) is 0 Å². The normalized spacial score (nSPS) is 11.9. The summed E-state index contributed by atoms with van der Waals surface area (Å²) in [7, 11) is 0. The van der Waals surface area contributed by atoms with Crippen molar-refractivity contribution in [2.75, 3.05) is 0 Å². The van der Waals surface area contributed by atoms with E-state index in [9.17, 15) is 4.79 Å². The van der Waals surface area contributed by atoms with Gasteiger partial charge in [0, 0.05) is 5.56 Å². The molecule has 0 aliphatic carbocycles. The predicted molar refractivity (Wildman–Crippen MR) is 59.8 cm³/mol. The van der Waals surface area contributed by atoms with E-state index in [1.54, 1.807) is 0 Å². The smallest absolute Gasteiger partial charge is 0.252 e. The van der Waals surface area contributed by atoms with Crippen molar-refractivity contribution in [1.29, 1.82) is 5.26 Å². The summed E-state index contributed by atoms with van der Waals surface area (Å²) in [4.78, 5) is 11.7. The lowest BCUT2D eigenvalue weighted by molar-refractivity contribution is 0.0937. The van der Waals surface area contributed by atoms with Crippen LogP contribution in [0.2, 0.25) is 0 Å². The fourth-order valence-corrected chi connectivity index (χ4v) is 1.19. The molecular formula is C12H14N2O2. The number of aromatic hydroxyl groups is 1. The first kappa shape index (κ1) is 12.1. The van der Waals surface area contributed by atoms with Gasteiger partial charge in [0.1, 0.15) is 11.8 Å². The minimum atomic E-state index is -0.499. The molecular weight excluding hydrogens is 204 g/mol. The second-order valence-electron chi connectivity index (χ2n) is 3.87. The van der Waals surface area contributed by atoms with Crippen LogP contribution in [0.25, 0.3) is 0 Å². The van der Waals surface area contributed by atoms with Crippen molar-refractivity contribution in [3.63, 3.8) is 0 Å². The van der Waals surface area contributed by atoms with Crippen LogP contribution in [0.5, 0.6) is 5.75 Å². The van der Waals surface area contributed by atoms with Gasteiger partial charge in [0.25, 0.3) is 5.91 Å². The van der Waals surface area contributed by atoms with Crippen LogP contribution in [0, 0.1) is 17.2 Å². The summed E-state index contributed by atoms with van der Waals surface area (Å²) in [5, 5.41) is 20.5. The van der Waals surface area contributed by atoms with Crippen molar-refractivity contribution >= 4 is 5.91 Å². The van der Waals surface area contributed by atoms with Gasteiger partial charge in [-0.2, -0.15) is 5.26 Å². The Hall–Kier alpha value is -2.02. The number of nitrogens with one attached hydrogen (secondary N) is 1. The van der Waals surface area contributed by atoms with Gasteiger partial charge in [-0.05, 0) is 30.2 Å². The molecule has 0 spiro atoms. The molecule has 2 N–H and O–H groups in total. The lowest BCUT2D eigenvalue weighted by Gasteiger charge is -2.14. The fourth-order valence-electron chi connectivity index (χ4n) is 1.19. The minimum Gasteiger partial charge on any atom is -0.508 e. The molecule has 84 valence electrons. The Bertz CT molecular complexity index is 404. The van der Waals surface area contributed by atoms with Crippen molar-refractivity contribution < 1.29 is 9.90 Å². The van der Waals surface area contributed by atoms with E-state index in [-0.39, 0.29) is 17.6 Å². The molecule has 0 aliphatic heterocycles. The summed E-state index contributed by atoms with van der Waals surface area (Å²) in [6.45, 7) is 3.73. The summed E-state index contributed by atoms with van der Waals surface area (Å²) in [6, 6.07) is 7.43. The first-order chi connectivity index (χ1) is 7.54. The monoisotopic (exact) mass is 218 g/mol. The Morgan fingerprint density at radius 3 is 2.38 bits per heavy atom. The molecule has 1 rings (SSSR count). The number of benzene rings is 1. The number of nitriles is 1. The van der Waals surface area contributed by atoms with Crippen LogP contribution in [0.4, 0.5) is 0 Å². The van der Waals surface area contributed by atoms with Gasteiger partial charge in [-0.1, -0.05) is 13.8 Å². The molecule has 0 heterocycles. The number of rotatable bonds is 3. The van der Waals surface area contributed by atoms with E-state index in [1.165, 1.54) is 24.3 Å². The van der Waals surface area contributed by atoms with Gasteiger partial charge in [0.15, 0.2) is 0 Å². The minimum absolute atomic E-state index is 0.0612. The standard InChI is InChI=1S/C12H14N2O2/c1-8(2)11(7-13)14-12(16)9-3-5-10(15)6-4-9/h3-6,8,11,15H,1-2H3,(H,14,16). The van der Waals surface area contributed by atoms with E-state index in [0.29, 0.717) is 5.56 Å². The quantitative estimate of drug-likeness (QED) is 0.810. The third-order valence-corrected chi connectivity index (χ3v) is 2.22. The lowest BCUT2D eigenvalue weighted by Crippen LogP contribution is -2.37. The van der Waals surface area contributed by atoms with Crippen molar-refractivity contribution in [3.05, 3.63) is 29.8 Å². The number of carbonyl (C=O) groups excluding carboxylic acids is 1. The zero-order valence-electron chi connectivity index (χ0n) is 9.27. The van der Waals surface area contributed by atoms with Crippen LogP contribution >= 0.6 is 0 Å². The number of nitrogens with zero attached hydrogens (tertiary/aromatic N) is 1. The molecule has 1 unspecified atom stereocenters. The van der Waals surface area contributed by atoms with E-state index in [2.05, 4.69) is 5.32 Å². The fraction of sp³-hybridized carbons (Fsp3) is 0.333. The number of carbonyl (C=O) groups is 1. The maximum Gasteiger partial charge on any atom is 0.252 e. The van der Waals surface area contributed by atoms with Crippen LogP contribution in [0.15, 0.2) is 24.3 Å². The van der Waals surface area contributed by atoms with Gasteiger partial charge in [-0.15, -0.1) is 0 Å². The summed E-state index contributed by atoms with van der Waals surface area (Å²) in [5.74, 6) is -0.136. The summed E-state index contributed by atoms with van der Waals surface area (Å²) in [6.07, 6.45) is 0. The summed E-state index contributed by atoms with van der Waals surface area (Å²) >= 11 is 0. The zero-order chi connectivity index (χ0) is 12.1. The van der Waals surface area contributed by atoms with E-state index in [4.69, 9.17) is 10.4 Å². The molecule has 1 amide bonds. The third-order valence-electron chi connectivity index (χ3n) is 2.22. The number of phenolic OH excluding ortho intramolecular Hbond substituents is 1. The highest BCUT2D eigenvalue weighted by Gasteiger charge is 2.15. The highest BCUT2D eigenvalue weighted by atomic mass is 16.3. The average molecular weight is 218 g/mol. The Labute approximate surface area is 94.5 Å². The average Bonchev–Trinajstić information content (AvgIpc) is 2.26. The van der Waals surface area contributed by atoms with Crippen LogP contribution in [0.3, 0.4) is 0 Å². The summed E-state index contributed by atoms with van der Waals surface area (Å²) < 4.78 is 0. The first-order valence-electron chi connectivity index (χ1n) is 5.04. The largest absolute Gasteiger partial charge is 0.508 e. The lowest BCUT2D eigenvalue weighted by atomic mass is 10.1. The molecule has 0 bridgehead atoms. The van der Waals surface area contributed by atoms with E-state index >= 15 is 0 Å². The van der Waals surface area contributed by atoms with Gasteiger partial charge in [0.05, 0.1) is 6.07 Å². The number of amides is 1. The number of hydrogen-bond acceptors (Lipinski definition) is 3. The number of phenols is 1. The Morgan fingerprint density at radius 1 is 1.38 bits per heavy atom. The predicted octanol–water partition coefficient (Wildman–Crippen LogP) is 1.67. The van der Waals surface area contributed by atoms with Crippen LogP contribution < -0.4 is 5.32 Å². The van der Waals surface area contributed by atoms with Crippen molar-refractivity contribution in [1.82, 2.24) is 5.32 Å². The van der Waals surface area contributed by atoms with Crippen molar-refractivity contribution in [2.45, 2.75) is 19.9 Å². The highest BCUT2D eigenvalue weighted by Crippen LogP contribution is 2.10. The van der Waals surface area contributed by atoms with Crippen LogP contribution in [-0.2, 0) is 0 Å². The van der Waals surface area contributed by atoms with Gasteiger partial charge < -0.3 is 10.4 Å². The molecule has 0 saturated heterocycles. The van der Waals surface area contributed by atoms with E-state index < -0.39 is 6.04 Å². The molecule has 16 heavy (non-hydrogen) atoms. The van der Waals surface area contributed by atoms with Gasteiger partial charge >= 0.3 is 0 Å². The highest BCUT2D eigenvalue weighted by molar-refractivity contribution is 5.94. The topological polar surface area (TPSA) is 73.1 Å².